The summed E-state index contributed by atoms with van der Waals surface area (Å²) in [6, 6.07) is 22.8. The number of fused-ring (bicyclic) bond motifs is 1. The SMILES string of the molecule is CCCC1CCNC(COc2ccc(NC3c4cc(NCc5ccccc5)c(OCC)cc4NCC3C#N)cc2Cl)C1. The number of benzene rings is 3. The summed E-state index contributed by atoms with van der Waals surface area (Å²) in [5.74, 6) is 1.96. The standard InChI is InChI=1S/C34H42ClN5O2/c1-3-8-23-13-14-37-27(15-23)22-42-32-12-11-26(16-29(32)35)40-34-25(19-36)21-39-30-18-33(41-4-2)31(17-28(30)34)38-20-24-9-6-5-7-10-24/h5-7,9-12,16-18,23,25,27,34,37-40H,3-4,8,13-15,20-22H2,1-2H3. The fourth-order valence-electron chi connectivity index (χ4n) is 6.04. The van der Waals surface area contributed by atoms with E-state index in [0.717, 1.165) is 47.3 Å². The summed E-state index contributed by atoms with van der Waals surface area (Å²) in [4.78, 5) is 0. The molecule has 4 unspecified atom stereocenters. The highest BCUT2D eigenvalue weighted by Crippen LogP contribution is 2.42. The van der Waals surface area contributed by atoms with Crippen LogP contribution in [0.5, 0.6) is 11.5 Å². The Morgan fingerprint density at radius 1 is 1.05 bits per heavy atom. The van der Waals surface area contributed by atoms with Gasteiger partial charge in [-0.05, 0) is 62.1 Å². The molecule has 0 radical (unpaired) electrons. The zero-order valence-electron chi connectivity index (χ0n) is 24.6. The third-order valence-electron chi connectivity index (χ3n) is 8.19. The molecule has 2 aliphatic heterocycles. The molecule has 0 saturated carbocycles. The first-order valence-electron chi connectivity index (χ1n) is 15.2. The van der Waals surface area contributed by atoms with E-state index in [1.165, 1.54) is 24.8 Å². The summed E-state index contributed by atoms with van der Waals surface area (Å²) >= 11 is 6.70. The molecular weight excluding hydrogens is 546 g/mol. The number of halogens is 1. The average Bonchev–Trinajstić information content (AvgIpc) is 3.01. The first-order chi connectivity index (χ1) is 20.6. The molecule has 8 heteroatoms. The van der Waals surface area contributed by atoms with Gasteiger partial charge in [0.2, 0.25) is 0 Å². The minimum Gasteiger partial charge on any atom is -0.492 e. The molecule has 0 spiro atoms. The molecule has 1 saturated heterocycles. The van der Waals surface area contributed by atoms with Gasteiger partial charge in [0.25, 0.3) is 0 Å². The molecule has 3 aromatic carbocycles. The van der Waals surface area contributed by atoms with Gasteiger partial charge in [-0.3, -0.25) is 0 Å². The van der Waals surface area contributed by atoms with Gasteiger partial charge in [0.05, 0.1) is 35.3 Å². The van der Waals surface area contributed by atoms with Crippen LogP contribution < -0.4 is 30.7 Å². The number of hydrogen-bond donors (Lipinski definition) is 4. The maximum atomic E-state index is 10.0. The Morgan fingerprint density at radius 3 is 2.67 bits per heavy atom. The first kappa shape index (κ1) is 29.9. The first-order valence-corrected chi connectivity index (χ1v) is 15.6. The van der Waals surface area contributed by atoms with Gasteiger partial charge in [-0.25, -0.2) is 0 Å². The number of anilines is 3. The van der Waals surface area contributed by atoms with Crippen LogP contribution in [0.15, 0.2) is 60.7 Å². The number of ether oxygens (including phenoxy) is 2. The number of rotatable bonds is 12. The van der Waals surface area contributed by atoms with Crippen molar-refractivity contribution in [2.45, 2.75) is 58.2 Å². The Hall–Kier alpha value is -3.60. The quantitative estimate of drug-likeness (QED) is 0.173. The molecular formula is C34H42ClN5O2. The molecule has 4 N–H and O–H groups in total. The number of nitriles is 1. The predicted molar refractivity (Wildman–Crippen MR) is 172 cm³/mol. The summed E-state index contributed by atoms with van der Waals surface area (Å²) in [5.41, 5.74) is 4.88. The van der Waals surface area contributed by atoms with Crippen LogP contribution in [0.25, 0.3) is 0 Å². The van der Waals surface area contributed by atoms with E-state index in [1.807, 2.05) is 49.4 Å². The van der Waals surface area contributed by atoms with Gasteiger partial charge in [-0.1, -0.05) is 61.7 Å². The second-order valence-corrected chi connectivity index (χ2v) is 11.6. The van der Waals surface area contributed by atoms with E-state index in [1.54, 1.807) is 0 Å². The van der Waals surface area contributed by atoms with Crippen LogP contribution in [-0.4, -0.2) is 32.3 Å². The van der Waals surface area contributed by atoms with Crippen molar-refractivity contribution in [3.63, 3.8) is 0 Å². The van der Waals surface area contributed by atoms with Crippen molar-refractivity contribution < 1.29 is 9.47 Å². The van der Waals surface area contributed by atoms with E-state index in [9.17, 15) is 5.26 Å². The lowest BCUT2D eigenvalue weighted by Crippen LogP contribution is -2.41. The fraction of sp³-hybridized carbons (Fsp3) is 0.441. The smallest absolute Gasteiger partial charge is 0.144 e. The summed E-state index contributed by atoms with van der Waals surface area (Å²) in [6.45, 7) is 7.64. The van der Waals surface area contributed by atoms with E-state index in [0.29, 0.717) is 43.1 Å². The van der Waals surface area contributed by atoms with Crippen molar-refractivity contribution in [2.24, 2.45) is 11.8 Å². The van der Waals surface area contributed by atoms with Gasteiger partial charge in [0, 0.05) is 42.1 Å². The largest absolute Gasteiger partial charge is 0.492 e. The van der Waals surface area contributed by atoms with Crippen LogP contribution in [0, 0.1) is 23.2 Å². The third-order valence-corrected chi connectivity index (χ3v) is 8.48. The lowest BCUT2D eigenvalue weighted by atomic mass is 9.88. The van der Waals surface area contributed by atoms with E-state index < -0.39 is 0 Å². The van der Waals surface area contributed by atoms with Gasteiger partial charge in [0.15, 0.2) is 0 Å². The highest BCUT2D eigenvalue weighted by atomic mass is 35.5. The van der Waals surface area contributed by atoms with Crippen molar-refractivity contribution in [3.8, 4) is 17.6 Å². The third kappa shape index (κ3) is 7.42. The molecule has 0 aromatic heterocycles. The monoisotopic (exact) mass is 587 g/mol. The molecule has 1 fully saturated rings. The topological polar surface area (TPSA) is 90.4 Å². The van der Waals surface area contributed by atoms with Crippen molar-refractivity contribution >= 4 is 28.7 Å². The Bertz CT molecular complexity index is 1360. The summed E-state index contributed by atoms with van der Waals surface area (Å²) in [7, 11) is 0. The second-order valence-electron chi connectivity index (χ2n) is 11.2. The maximum Gasteiger partial charge on any atom is 0.144 e. The Morgan fingerprint density at radius 2 is 1.90 bits per heavy atom. The van der Waals surface area contributed by atoms with Gasteiger partial charge in [-0.15, -0.1) is 0 Å². The number of hydrogen-bond acceptors (Lipinski definition) is 7. The Labute approximate surface area is 254 Å². The van der Waals surface area contributed by atoms with Crippen LogP contribution >= 0.6 is 11.6 Å². The number of piperidine rings is 1. The second kappa shape index (κ2) is 14.5. The van der Waals surface area contributed by atoms with E-state index >= 15 is 0 Å². The van der Waals surface area contributed by atoms with Crippen molar-refractivity contribution in [1.29, 1.82) is 5.26 Å². The fourth-order valence-corrected chi connectivity index (χ4v) is 6.27. The van der Waals surface area contributed by atoms with E-state index in [-0.39, 0.29) is 12.0 Å². The zero-order valence-corrected chi connectivity index (χ0v) is 25.3. The van der Waals surface area contributed by atoms with Gasteiger partial charge < -0.3 is 30.7 Å². The van der Waals surface area contributed by atoms with Crippen LogP contribution in [0.4, 0.5) is 17.1 Å². The molecule has 0 bridgehead atoms. The number of nitrogens with zero attached hydrogens (tertiary/aromatic N) is 1. The lowest BCUT2D eigenvalue weighted by molar-refractivity contribution is 0.202. The molecule has 0 amide bonds. The normalized spacial score (nSPS) is 21.4. The highest BCUT2D eigenvalue weighted by Gasteiger charge is 2.31. The minimum atomic E-state index is -0.277. The number of nitrogens with one attached hydrogen (secondary N) is 4. The van der Waals surface area contributed by atoms with Gasteiger partial charge in [-0.2, -0.15) is 5.26 Å². The Balaban J connectivity index is 1.31. The summed E-state index contributed by atoms with van der Waals surface area (Å²) in [5, 5.41) is 24.8. The minimum absolute atomic E-state index is 0.232. The molecule has 2 aliphatic rings. The summed E-state index contributed by atoms with van der Waals surface area (Å²) < 4.78 is 12.1. The lowest BCUT2D eigenvalue weighted by Gasteiger charge is -2.33. The molecule has 5 rings (SSSR count). The van der Waals surface area contributed by atoms with Crippen molar-refractivity contribution in [2.75, 3.05) is 42.3 Å². The summed E-state index contributed by atoms with van der Waals surface area (Å²) in [6.07, 6.45) is 4.89. The Kier molecular flexibility index (Phi) is 10.3. The highest BCUT2D eigenvalue weighted by molar-refractivity contribution is 6.32. The van der Waals surface area contributed by atoms with Gasteiger partial charge >= 0.3 is 0 Å². The molecule has 4 atom stereocenters. The van der Waals surface area contributed by atoms with E-state index in [2.05, 4.69) is 52.5 Å². The van der Waals surface area contributed by atoms with Crippen LogP contribution in [0.3, 0.4) is 0 Å². The molecule has 0 aliphatic carbocycles. The zero-order chi connectivity index (χ0) is 29.3. The van der Waals surface area contributed by atoms with Crippen molar-refractivity contribution in [1.82, 2.24) is 5.32 Å². The molecule has 42 heavy (non-hydrogen) atoms. The predicted octanol–water partition coefficient (Wildman–Crippen LogP) is 7.62. The molecule has 3 aromatic rings. The van der Waals surface area contributed by atoms with Crippen LogP contribution in [-0.2, 0) is 6.54 Å². The average molecular weight is 588 g/mol. The van der Waals surface area contributed by atoms with Crippen LogP contribution in [0.1, 0.15) is 56.7 Å². The molecule has 2 heterocycles. The van der Waals surface area contributed by atoms with Crippen molar-refractivity contribution in [3.05, 3.63) is 76.8 Å². The van der Waals surface area contributed by atoms with Gasteiger partial charge in [0.1, 0.15) is 18.1 Å². The molecule has 7 nitrogen and oxygen atoms in total. The maximum absolute atomic E-state index is 10.0. The molecule has 222 valence electrons. The van der Waals surface area contributed by atoms with Crippen LogP contribution in [0.2, 0.25) is 5.02 Å². The van der Waals surface area contributed by atoms with E-state index in [4.69, 9.17) is 21.1 Å².